The Kier molecular flexibility index (Phi) is 5.97. The number of hydrogen-bond donors (Lipinski definition) is 1. The van der Waals surface area contributed by atoms with Gasteiger partial charge in [-0.2, -0.15) is 4.31 Å². The predicted molar refractivity (Wildman–Crippen MR) is 107 cm³/mol. The van der Waals surface area contributed by atoms with Crippen molar-refractivity contribution >= 4 is 21.6 Å². The minimum atomic E-state index is -3.56. The molecule has 0 radical (unpaired) electrons. The predicted octanol–water partition coefficient (Wildman–Crippen LogP) is 3.85. The maximum atomic E-state index is 12.8. The number of anilines is 1. The lowest BCUT2D eigenvalue weighted by Gasteiger charge is -2.31. The summed E-state index contributed by atoms with van der Waals surface area (Å²) in [5.41, 5.74) is 1.96. The first kappa shape index (κ1) is 19.6. The minimum Gasteiger partial charge on any atom is -0.326 e. The topological polar surface area (TPSA) is 66.5 Å². The fourth-order valence-corrected chi connectivity index (χ4v) is 4.86. The molecule has 0 aliphatic carbocycles. The number of benzene rings is 2. The van der Waals surface area contributed by atoms with Gasteiger partial charge < -0.3 is 5.32 Å². The number of sulfonamides is 1. The third kappa shape index (κ3) is 4.57. The van der Waals surface area contributed by atoms with Gasteiger partial charge in [-0.3, -0.25) is 4.79 Å². The zero-order valence-corrected chi connectivity index (χ0v) is 16.6. The quantitative estimate of drug-likeness (QED) is 0.849. The average molecular weight is 387 g/mol. The fourth-order valence-electron chi connectivity index (χ4n) is 3.31. The SMILES string of the molecule is CC(C)c1ccc(NC(=O)[C@H]2CCCN(S(=O)(=O)c3ccccc3)C2)cc1. The summed E-state index contributed by atoms with van der Waals surface area (Å²) in [5.74, 6) is -0.0351. The normalized spacial score (nSPS) is 18.4. The Morgan fingerprint density at radius 3 is 2.37 bits per heavy atom. The van der Waals surface area contributed by atoms with Crippen LogP contribution in [0.5, 0.6) is 0 Å². The molecule has 5 nitrogen and oxygen atoms in total. The van der Waals surface area contributed by atoms with E-state index in [1.807, 2.05) is 24.3 Å². The Balaban J connectivity index is 1.68. The summed E-state index contributed by atoms with van der Waals surface area (Å²) in [4.78, 5) is 12.9. The van der Waals surface area contributed by atoms with Crippen molar-refractivity contribution in [2.24, 2.45) is 5.92 Å². The van der Waals surface area contributed by atoms with E-state index in [1.54, 1.807) is 30.3 Å². The highest BCUT2D eigenvalue weighted by molar-refractivity contribution is 7.89. The maximum absolute atomic E-state index is 12.8. The van der Waals surface area contributed by atoms with Crippen molar-refractivity contribution in [1.82, 2.24) is 4.31 Å². The maximum Gasteiger partial charge on any atom is 0.243 e. The Morgan fingerprint density at radius 1 is 1.07 bits per heavy atom. The van der Waals surface area contributed by atoms with Gasteiger partial charge in [0.05, 0.1) is 10.8 Å². The van der Waals surface area contributed by atoms with Crippen LogP contribution < -0.4 is 5.32 Å². The van der Waals surface area contributed by atoms with E-state index in [0.717, 1.165) is 5.69 Å². The second kappa shape index (κ2) is 8.23. The molecule has 27 heavy (non-hydrogen) atoms. The van der Waals surface area contributed by atoms with Crippen LogP contribution in [0.3, 0.4) is 0 Å². The zero-order chi connectivity index (χ0) is 19.4. The molecular weight excluding hydrogens is 360 g/mol. The van der Waals surface area contributed by atoms with Gasteiger partial charge in [0.2, 0.25) is 15.9 Å². The van der Waals surface area contributed by atoms with E-state index < -0.39 is 10.0 Å². The van der Waals surface area contributed by atoms with Gasteiger partial charge in [0.25, 0.3) is 0 Å². The first-order valence-corrected chi connectivity index (χ1v) is 10.8. The van der Waals surface area contributed by atoms with Gasteiger partial charge in [-0.25, -0.2) is 8.42 Å². The van der Waals surface area contributed by atoms with E-state index in [9.17, 15) is 13.2 Å². The van der Waals surface area contributed by atoms with Gasteiger partial charge in [0, 0.05) is 18.8 Å². The van der Waals surface area contributed by atoms with E-state index in [-0.39, 0.29) is 23.3 Å². The molecule has 1 aliphatic rings. The minimum absolute atomic E-state index is 0.125. The number of rotatable bonds is 5. The Labute approximate surface area is 161 Å². The Morgan fingerprint density at radius 2 is 1.74 bits per heavy atom. The molecule has 0 saturated carbocycles. The molecule has 0 unspecified atom stereocenters. The average Bonchev–Trinajstić information content (AvgIpc) is 2.69. The number of hydrogen-bond acceptors (Lipinski definition) is 3. The van der Waals surface area contributed by atoms with Crippen LogP contribution in [-0.2, 0) is 14.8 Å². The van der Waals surface area contributed by atoms with E-state index in [1.165, 1.54) is 9.87 Å². The van der Waals surface area contributed by atoms with E-state index in [4.69, 9.17) is 0 Å². The van der Waals surface area contributed by atoms with Gasteiger partial charge in [-0.1, -0.05) is 44.2 Å². The molecule has 1 heterocycles. The van der Waals surface area contributed by atoms with Crippen LogP contribution in [0.1, 0.15) is 38.2 Å². The van der Waals surface area contributed by atoms with Crippen molar-refractivity contribution < 1.29 is 13.2 Å². The van der Waals surface area contributed by atoms with Gasteiger partial charge in [0.1, 0.15) is 0 Å². The van der Waals surface area contributed by atoms with Crippen LogP contribution in [0.15, 0.2) is 59.5 Å². The summed E-state index contributed by atoms with van der Waals surface area (Å²) in [6, 6.07) is 16.2. The van der Waals surface area contributed by atoms with Crippen LogP contribution in [-0.4, -0.2) is 31.7 Å². The van der Waals surface area contributed by atoms with Crippen LogP contribution in [0, 0.1) is 5.92 Å². The molecule has 0 aromatic heterocycles. The number of nitrogens with zero attached hydrogens (tertiary/aromatic N) is 1. The van der Waals surface area contributed by atoms with Gasteiger partial charge >= 0.3 is 0 Å². The molecule has 1 fully saturated rings. The van der Waals surface area contributed by atoms with Crippen molar-refractivity contribution in [2.45, 2.75) is 37.5 Å². The van der Waals surface area contributed by atoms with Crippen molar-refractivity contribution in [1.29, 1.82) is 0 Å². The second-order valence-corrected chi connectivity index (χ2v) is 9.22. The molecule has 144 valence electrons. The van der Waals surface area contributed by atoms with Crippen molar-refractivity contribution in [2.75, 3.05) is 18.4 Å². The Hall–Kier alpha value is -2.18. The van der Waals surface area contributed by atoms with Crippen LogP contribution >= 0.6 is 0 Å². The van der Waals surface area contributed by atoms with Crippen LogP contribution in [0.2, 0.25) is 0 Å². The highest BCUT2D eigenvalue weighted by atomic mass is 32.2. The molecule has 2 aromatic carbocycles. The number of piperidine rings is 1. The molecule has 6 heteroatoms. The second-order valence-electron chi connectivity index (χ2n) is 7.28. The largest absolute Gasteiger partial charge is 0.326 e. The van der Waals surface area contributed by atoms with Crippen LogP contribution in [0.4, 0.5) is 5.69 Å². The summed E-state index contributed by atoms with van der Waals surface area (Å²) in [6.07, 6.45) is 1.37. The molecule has 2 aromatic rings. The van der Waals surface area contributed by atoms with Gasteiger partial charge in [-0.15, -0.1) is 0 Å². The number of carbonyl (C=O) groups is 1. The van der Waals surface area contributed by atoms with E-state index >= 15 is 0 Å². The lowest BCUT2D eigenvalue weighted by atomic mass is 9.98. The van der Waals surface area contributed by atoms with E-state index in [0.29, 0.717) is 25.3 Å². The summed E-state index contributed by atoms with van der Waals surface area (Å²) >= 11 is 0. The first-order chi connectivity index (χ1) is 12.9. The van der Waals surface area contributed by atoms with Crippen molar-refractivity contribution in [3.8, 4) is 0 Å². The molecule has 1 atom stereocenters. The van der Waals surface area contributed by atoms with E-state index in [2.05, 4.69) is 19.2 Å². The molecular formula is C21H26N2O3S. The first-order valence-electron chi connectivity index (χ1n) is 9.34. The molecule has 1 amide bonds. The molecule has 1 aliphatic heterocycles. The summed E-state index contributed by atoms with van der Waals surface area (Å²) in [7, 11) is -3.56. The lowest BCUT2D eigenvalue weighted by molar-refractivity contribution is -0.120. The standard InChI is InChI=1S/C21H26N2O3S/c1-16(2)17-10-12-19(13-11-17)22-21(24)18-7-6-14-23(15-18)27(25,26)20-8-4-3-5-9-20/h3-5,8-13,16,18H,6-7,14-15H2,1-2H3,(H,22,24)/t18-/m0/s1. The molecule has 0 bridgehead atoms. The number of nitrogens with one attached hydrogen (secondary N) is 1. The Bertz CT molecular complexity index is 877. The summed E-state index contributed by atoms with van der Waals surface area (Å²) < 4.78 is 27.0. The monoisotopic (exact) mass is 386 g/mol. The van der Waals surface area contributed by atoms with Crippen molar-refractivity contribution in [3.05, 3.63) is 60.2 Å². The smallest absolute Gasteiger partial charge is 0.243 e. The highest BCUT2D eigenvalue weighted by Gasteiger charge is 2.33. The summed E-state index contributed by atoms with van der Waals surface area (Å²) in [5, 5.41) is 2.93. The lowest BCUT2D eigenvalue weighted by Crippen LogP contribution is -2.43. The molecule has 3 rings (SSSR count). The van der Waals surface area contributed by atoms with Crippen LogP contribution in [0.25, 0.3) is 0 Å². The third-order valence-corrected chi connectivity index (χ3v) is 6.86. The highest BCUT2D eigenvalue weighted by Crippen LogP contribution is 2.25. The summed E-state index contributed by atoms with van der Waals surface area (Å²) in [6.45, 7) is 4.91. The fraction of sp³-hybridized carbons (Fsp3) is 0.381. The number of amides is 1. The van der Waals surface area contributed by atoms with Gasteiger partial charge in [-0.05, 0) is 48.6 Å². The third-order valence-electron chi connectivity index (χ3n) is 4.98. The molecule has 0 spiro atoms. The zero-order valence-electron chi connectivity index (χ0n) is 15.8. The van der Waals surface area contributed by atoms with Crippen molar-refractivity contribution in [3.63, 3.8) is 0 Å². The van der Waals surface area contributed by atoms with Gasteiger partial charge in [0.15, 0.2) is 0 Å². The molecule has 1 saturated heterocycles. The molecule has 1 N–H and O–H groups in total. The number of carbonyl (C=O) groups excluding carboxylic acids is 1.